The molecule has 1 aliphatic heterocycles. The molecule has 4 nitrogen and oxygen atoms in total. The third-order valence-corrected chi connectivity index (χ3v) is 2.78. The van der Waals surface area contributed by atoms with Crippen molar-refractivity contribution in [2.24, 2.45) is 0 Å². The summed E-state index contributed by atoms with van der Waals surface area (Å²) in [5.41, 5.74) is 1.52. The predicted octanol–water partition coefficient (Wildman–Crippen LogP) is -1.40. The smallest absolute Gasteiger partial charge is 1.00 e. The van der Waals surface area contributed by atoms with E-state index in [1.807, 2.05) is 35.2 Å². The van der Waals surface area contributed by atoms with Gasteiger partial charge in [0.05, 0.1) is 19.2 Å². The number of carbonyl (C=O) groups is 1. The standard InChI is InChI=1S/C13H15NO3.Na.H/c1-17-13(16)11-8-14(9-12(11)15)7-10-5-3-2-4-6-10;;/h2-6,15H,7-9H2,1H3;;/q;+1;-1. The number of benzene rings is 1. The maximum atomic E-state index is 11.4. The molecule has 0 atom stereocenters. The van der Waals surface area contributed by atoms with E-state index in [9.17, 15) is 9.90 Å². The van der Waals surface area contributed by atoms with Crippen LogP contribution in [0, 0.1) is 0 Å². The second-order valence-electron chi connectivity index (χ2n) is 4.05. The van der Waals surface area contributed by atoms with Gasteiger partial charge in [-0.3, -0.25) is 4.90 Å². The van der Waals surface area contributed by atoms with E-state index in [1.54, 1.807) is 0 Å². The van der Waals surface area contributed by atoms with Crippen LogP contribution < -0.4 is 29.6 Å². The summed E-state index contributed by atoms with van der Waals surface area (Å²) in [6, 6.07) is 9.95. The first-order valence-corrected chi connectivity index (χ1v) is 5.46. The van der Waals surface area contributed by atoms with Crippen molar-refractivity contribution in [3.8, 4) is 0 Å². The van der Waals surface area contributed by atoms with Gasteiger partial charge in [-0.05, 0) is 5.56 Å². The molecular formula is C13H16NNaO3. The van der Waals surface area contributed by atoms with Crippen LogP contribution in [0.15, 0.2) is 41.7 Å². The Morgan fingerprint density at radius 3 is 2.67 bits per heavy atom. The minimum atomic E-state index is -0.446. The van der Waals surface area contributed by atoms with Crippen LogP contribution in [0.5, 0.6) is 0 Å². The van der Waals surface area contributed by atoms with E-state index < -0.39 is 5.97 Å². The molecule has 0 saturated heterocycles. The molecule has 5 heteroatoms. The summed E-state index contributed by atoms with van der Waals surface area (Å²) in [7, 11) is 1.32. The Hall–Kier alpha value is -0.810. The fourth-order valence-electron chi connectivity index (χ4n) is 1.94. The topological polar surface area (TPSA) is 49.8 Å². The van der Waals surface area contributed by atoms with E-state index in [1.165, 1.54) is 7.11 Å². The molecule has 1 N–H and O–H groups in total. The molecule has 0 fully saturated rings. The van der Waals surface area contributed by atoms with Crippen molar-refractivity contribution in [3.63, 3.8) is 0 Å². The monoisotopic (exact) mass is 257 g/mol. The van der Waals surface area contributed by atoms with Gasteiger partial charge in [0.15, 0.2) is 0 Å². The van der Waals surface area contributed by atoms with Crippen LogP contribution in [-0.4, -0.2) is 36.2 Å². The largest absolute Gasteiger partial charge is 1.00 e. The van der Waals surface area contributed by atoms with Crippen LogP contribution in [0.2, 0.25) is 0 Å². The molecule has 1 aliphatic rings. The molecule has 0 radical (unpaired) electrons. The molecule has 1 aromatic carbocycles. The molecule has 0 aliphatic carbocycles. The van der Waals surface area contributed by atoms with Crippen LogP contribution in [0.4, 0.5) is 0 Å². The first-order chi connectivity index (χ1) is 8.20. The predicted molar refractivity (Wildman–Crippen MR) is 64.5 cm³/mol. The Morgan fingerprint density at radius 1 is 1.39 bits per heavy atom. The van der Waals surface area contributed by atoms with Crippen molar-refractivity contribution in [1.82, 2.24) is 4.90 Å². The van der Waals surface area contributed by atoms with Gasteiger partial charge in [-0.1, -0.05) is 30.3 Å². The third-order valence-electron chi connectivity index (χ3n) is 2.78. The van der Waals surface area contributed by atoms with E-state index >= 15 is 0 Å². The SMILES string of the molecule is COC(=O)C1=C(O)CN(Cc2ccccc2)C1.[H-].[Na+]. The minimum Gasteiger partial charge on any atom is -1.00 e. The maximum absolute atomic E-state index is 11.4. The number of hydrogen-bond donors (Lipinski definition) is 1. The molecule has 0 amide bonds. The summed E-state index contributed by atoms with van der Waals surface area (Å²) in [6.45, 7) is 1.55. The first kappa shape index (κ1) is 15.2. The summed E-state index contributed by atoms with van der Waals surface area (Å²) in [5.74, 6) is -0.328. The summed E-state index contributed by atoms with van der Waals surface area (Å²) in [5, 5.41) is 9.68. The Balaban J connectivity index is 0.00000162. The molecule has 0 bridgehead atoms. The summed E-state index contributed by atoms with van der Waals surface area (Å²) in [6.07, 6.45) is 0. The van der Waals surface area contributed by atoms with Gasteiger partial charge in [-0.15, -0.1) is 0 Å². The molecule has 0 saturated carbocycles. The number of nitrogens with zero attached hydrogens (tertiary/aromatic N) is 1. The molecule has 0 spiro atoms. The average Bonchev–Trinajstić information content (AvgIpc) is 2.70. The second-order valence-corrected chi connectivity index (χ2v) is 4.05. The molecule has 0 unspecified atom stereocenters. The minimum absolute atomic E-state index is 0. The van der Waals surface area contributed by atoms with Gasteiger partial charge in [-0.25, -0.2) is 4.79 Å². The zero-order chi connectivity index (χ0) is 12.3. The van der Waals surface area contributed by atoms with Gasteiger partial charge in [0.2, 0.25) is 0 Å². The van der Waals surface area contributed by atoms with Crippen LogP contribution in [-0.2, 0) is 16.1 Å². The van der Waals surface area contributed by atoms with Gasteiger partial charge in [-0.2, -0.15) is 0 Å². The first-order valence-electron chi connectivity index (χ1n) is 5.46. The van der Waals surface area contributed by atoms with Gasteiger partial charge < -0.3 is 11.3 Å². The Kier molecular flexibility index (Phi) is 5.88. The molecular weight excluding hydrogens is 241 g/mol. The number of ether oxygens (including phenoxy) is 1. The fraction of sp³-hybridized carbons (Fsp3) is 0.308. The number of methoxy groups -OCH3 is 1. The van der Waals surface area contributed by atoms with Crippen molar-refractivity contribution in [3.05, 3.63) is 47.2 Å². The third kappa shape index (κ3) is 3.59. The van der Waals surface area contributed by atoms with Gasteiger partial charge in [0, 0.05) is 13.1 Å². The van der Waals surface area contributed by atoms with Crippen molar-refractivity contribution in [2.75, 3.05) is 20.2 Å². The molecule has 0 aromatic heterocycles. The quantitative estimate of drug-likeness (QED) is 0.535. The van der Waals surface area contributed by atoms with E-state index in [2.05, 4.69) is 4.74 Å². The zero-order valence-corrected chi connectivity index (χ0v) is 12.7. The molecule has 18 heavy (non-hydrogen) atoms. The number of esters is 1. The van der Waals surface area contributed by atoms with Crippen molar-refractivity contribution in [2.45, 2.75) is 6.54 Å². The van der Waals surface area contributed by atoms with Gasteiger partial charge in [0.1, 0.15) is 5.76 Å². The van der Waals surface area contributed by atoms with Crippen LogP contribution in [0.1, 0.15) is 6.99 Å². The van der Waals surface area contributed by atoms with Crippen molar-refractivity contribution < 1.29 is 45.6 Å². The summed E-state index contributed by atoms with van der Waals surface area (Å²) >= 11 is 0. The van der Waals surface area contributed by atoms with Gasteiger partial charge >= 0.3 is 35.5 Å². The number of aliphatic hydroxyl groups is 1. The molecule has 92 valence electrons. The number of aliphatic hydroxyl groups excluding tert-OH is 1. The van der Waals surface area contributed by atoms with Crippen LogP contribution in [0.3, 0.4) is 0 Å². The normalized spacial score (nSPS) is 15.4. The Labute approximate surface area is 130 Å². The van der Waals surface area contributed by atoms with Crippen LogP contribution in [0.25, 0.3) is 0 Å². The maximum Gasteiger partial charge on any atom is 1.00 e. The zero-order valence-electron chi connectivity index (χ0n) is 11.7. The Bertz CT molecular complexity index is 450. The van der Waals surface area contributed by atoms with E-state index in [-0.39, 0.29) is 36.7 Å². The van der Waals surface area contributed by atoms with Gasteiger partial charge in [0.25, 0.3) is 0 Å². The second kappa shape index (κ2) is 6.95. The Morgan fingerprint density at radius 2 is 2.06 bits per heavy atom. The summed E-state index contributed by atoms with van der Waals surface area (Å²) in [4.78, 5) is 13.4. The van der Waals surface area contributed by atoms with Crippen LogP contribution >= 0.6 is 0 Å². The number of hydrogen-bond acceptors (Lipinski definition) is 4. The van der Waals surface area contributed by atoms with Crippen molar-refractivity contribution >= 4 is 5.97 Å². The molecule has 2 rings (SSSR count). The van der Waals surface area contributed by atoms with Crippen molar-refractivity contribution in [1.29, 1.82) is 0 Å². The van der Waals surface area contributed by atoms with E-state index in [0.717, 1.165) is 5.56 Å². The summed E-state index contributed by atoms with van der Waals surface area (Å²) < 4.78 is 4.62. The fourth-order valence-corrected chi connectivity index (χ4v) is 1.94. The molecule has 1 aromatic rings. The van der Waals surface area contributed by atoms with E-state index in [0.29, 0.717) is 25.2 Å². The average molecular weight is 257 g/mol. The molecule has 1 heterocycles. The number of rotatable bonds is 3. The van der Waals surface area contributed by atoms with E-state index in [4.69, 9.17) is 0 Å². The number of carbonyl (C=O) groups excluding carboxylic acids is 1.